The zero-order valence-corrected chi connectivity index (χ0v) is 14.7. The van der Waals surface area contributed by atoms with Gasteiger partial charge in [0.05, 0.1) is 6.54 Å². The fourth-order valence-electron chi connectivity index (χ4n) is 3.07. The molecule has 1 aliphatic rings. The van der Waals surface area contributed by atoms with Gasteiger partial charge in [-0.1, -0.05) is 29.7 Å². The summed E-state index contributed by atoms with van der Waals surface area (Å²) in [5.74, 6) is 3.06. The second kappa shape index (κ2) is 8.38. The number of carbonyl (C=O) groups is 1. The molecule has 0 N–H and O–H groups in total. The molecule has 0 bridgehead atoms. The molecule has 1 heterocycles. The van der Waals surface area contributed by atoms with Crippen LogP contribution < -0.4 is 0 Å². The van der Waals surface area contributed by atoms with E-state index < -0.39 is 0 Å². The van der Waals surface area contributed by atoms with Gasteiger partial charge in [-0.3, -0.25) is 9.69 Å². The monoisotopic (exact) mass is 332 g/mol. The molecule has 1 aromatic rings. The Bertz CT molecular complexity index is 556. The first-order chi connectivity index (χ1) is 11.0. The van der Waals surface area contributed by atoms with E-state index >= 15 is 0 Å². The maximum absolute atomic E-state index is 12.7. The molecule has 3 nitrogen and oxygen atoms in total. The summed E-state index contributed by atoms with van der Waals surface area (Å²) in [6.45, 7) is 4.61. The SMILES string of the molecule is C#CCN1CCC(C(=O)N(C)[C@H](C)Cc2ccc(Cl)cc2)CC1. The summed E-state index contributed by atoms with van der Waals surface area (Å²) in [5.41, 5.74) is 1.20. The highest BCUT2D eigenvalue weighted by Gasteiger charge is 2.28. The highest BCUT2D eigenvalue weighted by atomic mass is 35.5. The van der Waals surface area contributed by atoms with Gasteiger partial charge in [-0.15, -0.1) is 6.42 Å². The number of hydrogen-bond donors (Lipinski definition) is 0. The normalized spacial score (nSPS) is 17.5. The van der Waals surface area contributed by atoms with Crippen LogP contribution in [0.3, 0.4) is 0 Å². The molecule has 1 aromatic carbocycles. The second-order valence-electron chi connectivity index (χ2n) is 6.38. The van der Waals surface area contributed by atoms with Crippen LogP contribution in [0, 0.1) is 18.3 Å². The maximum atomic E-state index is 12.7. The van der Waals surface area contributed by atoms with Crippen LogP contribution in [0.1, 0.15) is 25.3 Å². The molecule has 1 aliphatic heterocycles. The van der Waals surface area contributed by atoms with Crippen LogP contribution >= 0.6 is 11.6 Å². The smallest absolute Gasteiger partial charge is 0.225 e. The topological polar surface area (TPSA) is 23.6 Å². The minimum absolute atomic E-state index is 0.127. The third-order valence-electron chi connectivity index (χ3n) is 4.70. The molecule has 1 fully saturated rings. The van der Waals surface area contributed by atoms with Gasteiger partial charge < -0.3 is 4.90 Å². The van der Waals surface area contributed by atoms with Crippen LogP contribution in [0.15, 0.2) is 24.3 Å². The molecule has 0 aliphatic carbocycles. The van der Waals surface area contributed by atoms with Crippen molar-refractivity contribution in [2.75, 3.05) is 26.7 Å². The van der Waals surface area contributed by atoms with Gasteiger partial charge in [-0.05, 0) is 57.0 Å². The zero-order chi connectivity index (χ0) is 16.8. The van der Waals surface area contributed by atoms with Gasteiger partial charge in [0, 0.05) is 24.0 Å². The Hall–Kier alpha value is -1.50. The van der Waals surface area contributed by atoms with Gasteiger partial charge in [0.25, 0.3) is 0 Å². The summed E-state index contributed by atoms with van der Waals surface area (Å²) >= 11 is 5.92. The van der Waals surface area contributed by atoms with Crippen molar-refractivity contribution in [2.24, 2.45) is 5.92 Å². The average Bonchev–Trinajstić information content (AvgIpc) is 2.56. The van der Waals surface area contributed by atoms with Crippen LogP contribution in [-0.4, -0.2) is 48.4 Å². The number of carbonyl (C=O) groups excluding carboxylic acids is 1. The van der Waals surface area contributed by atoms with Gasteiger partial charge in [0.1, 0.15) is 0 Å². The molecular formula is C19H25ClN2O. The number of terminal acetylenes is 1. The van der Waals surface area contributed by atoms with Crippen molar-refractivity contribution < 1.29 is 4.79 Å². The van der Waals surface area contributed by atoms with Crippen molar-refractivity contribution in [2.45, 2.75) is 32.2 Å². The largest absolute Gasteiger partial charge is 0.342 e. The minimum Gasteiger partial charge on any atom is -0.342 e. The van der Waals surface area contributed by atoms with E-state index in [1.807, 2.05) is 36.2 Å². The number of piperidine rings is 1. The van der Waals surface area contributed by atoms with E-state index in [0.717, 1.165) is 37.4 Å². The summed E-state index contributed by atoms with van der Waals surface area (Å²) in [6, 6.07) is 8.01. The number of hydrogen-bond acceptors (Lipinski definition) is 2. The standard InChI is InChI=1S/C19H25ClN2O/c1-4-11-22-12-9-17(10-13-22)19(23)21(3)15(2)14-16-5-7-18(20)8-6-16/h1,5-8,15,17H,9-14H2,2-3H3/t15-/m1/s1. The molecule has 2 rings (SSSR count). The summed E-state index contributed by atoms with van der Waals surface area (Å²) in [5, 5.41) is 0.740. The molecule has 0 aromatic heterocycles. The summed E-state index contributed by atoms with van der Waals surface area (Å²) < 4.78 is 0. The fraction of sp³-hybridized carbons (Fsp3) is 0.526. The van der Waals surface area contributed by atoms with Crippen molar-refractivity contribution in [1.82, 2.24) is 9.80 Å². The summed E-state index contributed by atoms with van der Waals surface area (Å²) in [7, 11) is 1.91. The maximum Gasteiger partial charge on any atom is 0.225 e. The number of amides is 1. The van der Waals surface area contributed by atoms with Crippen LogP contribution in [-0.2, 0) is 11.2 Å². The van der Waals surface area contributed by atoms with Crippen LogP contribution in [0.25, 0.3) is 0 Å². The van der Waals surface area contributed by atoms with E-state index in [1.54, 1.807) is 0 Å². The lowest BCUT2D eigenvalue weighted by molar-refractivity contribution is -0.137. The average molecular weight is 333 g/mol. The van der Waals surface area contributed by atoms with Gasteiger partial charge in [-0.2, -0.15) is 0 Å². The van der Waals surface area contributed by atoms with Crippen molar-refractivity contribution >= 4 is 17.5 Å². The lowest BCUT2D eigenvalue weighted by atomic mass is 9.94. The molecule has 0 radical (unpaired) electrons. The predicted octanol–water partition coefficient (Wildman–Crippen LogP) is 3.07. The van der Waals surface area contributed by atoms with E-state index in [9.17, 15) is 4.79 Å². The van der Waals surface area contributed by atoms with E-state index in [4.69, 9.17) is 18.0 Å². The third-order valence-corrected chi connectivity index (χ3v) is 4.96. The molecule has 23 heavy (non-hydrogen) atoms. The van der Waals surface area contributed by atoms with E-state index in [1.165, 1.54) is 5.56 Å². The number of benzene rings is 1. The molecule has 0 saturated carbocycles. The van der Waals surface area contributed by atoms with Crippen molar-refractivity contribution in [1.29, 1.82) is 0 Å². The van der Waals surface area contributed by atoms with Gasteiger partial charge in [-0.25, -0.2) is 0 Å². The Morgan fingerprint density at radius 2 is 2.00 bits per heavy atom. The molecule has 1 amide bonds. The Morgan fingerprint density at radius 3 is 2.57 bits per heavy atom. The molecular weight excluding hydrogens is 308 g/mol. The van der Waals surface area contributed by atoms with Crippen molar-refractivity contribution in [3.8, 4) is 12.3 Å². The molecule has 0 unspecified atom stereocenters. The zero-order valence-electron chi connectivity index (χ0n) is 14.0. The molecule has 1 atom stereocenters. The van der Waals surface area contributed by atoms with Crippen LogP contribution in [0.2, 0.25) is 5.02 Å². The lowest BCUT2D eigenvalue weighted by Crippen LogP contribution is -2.44. The first kappa shape index (κ1) is 17.8. The lowest BCUT2D eigenvalue weighted by Gasteiger charge is -2.34. The van der Waals surface area contributed by atoms with Crippen LogP contribution in [0.4, 0.5) is 0 Å². The molecule has 4 heteroatoms. The Balaban J connectivity index is 1.86. The highest BCUT2D eigenvalue weighted by Crippen LogP contribution is 2.21. The fourth-order valence-corrected chi connectivity index (χ4v) is 3.20. The molecule has 1 saturated heterocycles. The number of nitrogens with zero attached hydrogens (tertiary/aromatic N) is 2. The number of likely N-dealkylation sites (tertiary alicyclic amines) is 1. The van der Waals surface area contributed by atoms with E-state index in [2.05, 4.69) is 17.7 Å². The van der Waals surface area contributed by atoms with Crippen molar-refractivity contribution in [3.63, 3.8) is 0 Å². The number of likely N-dealkylation sites (N-methyl/N-ethyl adjacent to an activating group) is 1. The third kappa shape index (κ3) is 4.99. The second-order valence-corrected chi connectivity index (χ2v) is 6.82. The van der Waals surface area contributed by atoms with Gasteiger partial charge in [0.2, 0.25) is 5.91 Å². The highest BCUT2D eigenvalue weighted by molar-refractivity contribution is 6.30. The Morgan fingerprint density at radius 1 is 1.39 bits per heavy atom. The molecule has 0 spiro atoms. The first-order valence-corrected chi connectivity index (χ1v) is 8.56. The van der Waals surface area contributed by atoms with E-state index in [0.29, 0.717) is 6.54 Å². The van der Waals surface area contributed by atoms with Gasteiger partial charge in [0.15, 0.2) is 0 Å². The van der Waals surface area contributed by atoms with Gasteiger partial charge >= 0.3 is 0 Å². The Kier molecular flexibility index (Phi) is 6.50. The predicted molar refractivity (Wildman–Crippen MR) is 95.4 cm³/mol. The minimum atomic E-state index is 0.127. The number of halogens is 1. The quantitative estimate of drug-likeness (QED) is 0.774. The van der Waals surface area contributed by atoms with E-state index in [-0.39, 0.29) is 17.9 Å². The summed E-state index contributed by atoms with van der Waals surface area (Å²) in [6.07, 6.45) is 7.99. The van der Waals surface area contributed by atoms with Crippen molar-refractivity contribution in [3.05, 3.63) is 34.9 Å². The van der Waals surface area contributed by atoms with Crippen LogP contribution in [0.5, 0.6) is 0 Å². The Labute approximate surface area is 144 Å². The molecule has 124 valence electrons. The first-order valence-electron chi connectivity index (χ1n) is 8.18. The summed E-state index contributed by atoms with van der Waals surface area (Å²) in [4.78, 5) is 16.8. The number of rotatable bonds is 5.